The van der Waals surface area contributed by atoms with E-state index in [4.69, 9.17) is 4.74 Å². The molecule has 0 amide bonds. The van der Waals surface area contributed by atoms with Crippen LogP contribution < -0.4 is 5.32 Å². The maximum absolute atomic E-state index is 9.75. The number of hydrogen-bond acceptors (Lipinski definition) is 3. The smallest absolute Gasteiger partial charge is 0.120 e. The Kier molecular flexibility index (Phi) is 3.80. The van der Waals surface area contributed by atoms with Crippen molar-refractivity contribution < 1.29 is 9.84 Å². The molecule has 88 valence electrons. The fraction of sp³-hybridized carbons (Fsp3) is 0.538. The maximum atomic E-state index is 9.75. The Morgan fingerprint density at radius 1 is 1.31 bits per heavy atom. The van der Waals surface area contributed by atoms with E-state index in [0.717, 1.165) is 31.6 Å². The number of nitrogens with one attached hydrogen (secondary N) is 1. The van der Waals surface area contributed by atoms with E-state index in [-0.39, 0.29) is 6.04 Å². The Hall–Kier alpha value is -1.06. The van der Waals surface area contributed by atoms with Gasteiger partial charge >= 0.3 is 0 Å². The van der Waals surface area contributed by atoms with Gasteiger partial charge in [0.05, 0.1) is 0 Å². The molecule has 1 aliphatic heterocycles. The number of benzene rings is 1. The predicted molar refractivity (Wildman–Crippen MR) is 63.5 cm³/mol. The van der Waals surface area contributed by atoms with E-state index in [1.165, 1.54) is 0 Å². The van der Waals surface area contributed by atoms with Gasteiger partial charge in [-0.05, 0) is 25.8 Å². The molecule has 0 aliphatic carbocycles. The molecule has 1 saturated heterocycles. The van der Waals surface area contributed by atoms with Crippen molar-refractivity contribution in [3.05, 3.63) is 29.8 Å². The Morgan fingerprint density at radius 3 is 2.69 bits per heavy atom. The van der Waals surface area contributed by atoms with Crippen molar-refractivity contribution in [2.45, 2.75) is 31.8 Å². The zero-order valence-electron chi connectivity index (χ0n) is 9.65. The molecule has 1 atom stereocenters. The molecular weight excluding hydrogens is 202 g/mol. The van der Waals surface area contributed by atoms with E-state index in [0.29, 0.717) is 11.8 Å². The van der Waals surface area contributed by atoms with E-state index >= 15 is 0 Å². The predicted octanol–water partition coefficient (Wildman–Crippen LogP) is 2.22. The molecule has 0 saturated carbocycles. The van der Waals surface area contributed by atoms with Crippen molar-refractivity contribution in [2.24, 2.45) is 0 Å². The maximum Gasteiger partial charge on any atom is 0.120 e. The van der Waals surface area contributed by atoms with Crippen molar-refractivity contribution in [1.29, 1.82) is 0 Å². The molecule has 1 unspecified atom stereocenters. The van der Waals surface area contributed by atoms with Crippen LogP contribution in [0, 0.1) is 0 Å². The van der Waals surface area contributed by atoms with Crippen LogP contribution in [0.25, 0.3) is 0 Å². The first-order valence-electron chi connectivity index (χ1n) is 5.89. The lowest BCUT2D eigenvalue weighted by Crippen LogP contribution is -2.36. The number of phenols is 1. The van der Waals surface area contributed by atoms with Crippen LogP contribution in [-0.4, -0.2) is 24.4 Å². The van der Waals surface area contributed by atoms with Crippen molar-refractivity contribution in [2.75, 3.05) is 13.2 Å². The highest BCUT2D eigenvalue weighted by molar-refractivity contribution is 5.34. The van der Waals surface area contributed by atoms with Gasteiger partial charge in [0, 0.05) is 30.9 Å². The molecule has 1 aromatic rings. The highest BCUT2D eigenvalue weighted by Gasteiger charge is 2.17. The molecule has 16 heavy (non-hydrogen) atoms. The molecule has 1 fully saturated rings. The number of ether oxygens (including phenoxy) is 1. The Bertz CT molecular complexity index is 334. The van der Waals surface area contributed by atoms with E-state index in [9.17, 15) is 5.11 Å². The summed E-state index contributed by atoms with van der Waals surface area (Å²) in [6.45, 7) is 3.76. The van der Waals surface area contributed by atoms with Gasteiger partial charge in [-0.15, -0.1) is 0 Å². The normalized spacial score (nSPS) is 19.6. The van der Waals surface area contributed by atoms with Crippen LogP contribution in [0.1, 0.15) is 31.4 Å². The lowest BCUT2D eigenvalue weighted by Gasteiger charge is -2.27. The fourth-order valence-corrected chi connectivity index (χ4v) is 2.16. The summed E-state index contributed by atoms with van der Waals surface area (Å²) in [6.07, 6.45) is 2.11. The second-order valence-corrected chi connectivity index (χ2v) is 4.33. The fourth-order valence-electron chi connectivity index (χ4n) is 2.16. The summed E-state index contributed by atoms with van der Waals surface area (Å²) in [4.78, 5) is 0. The lowest BCUT2D eigenvalue weighted by atomic mass is 10.0. The van der Waals surface area contributed by atoms with E-state index in [2.05, 4.69) is 12.2 Å². The summed E-state index contributed by atoms with van der Waals surface area (Å²) < 4.78 is 5.32. The van der Waals surface area contributed by atoms with Gasteiger partial charge in [-0.3, -0.25) is 0 Å². The van der Waals surface area contributed by atoms with Crippen LogP contribution in [0.4, 0.5) is 0 Å². The Labute approximate surface area is 96.4 Å². The van der Waals surface area contributed by atoms with Crippen molar-refractivity contribution in [3.8, 4) is 5.75 Å². The van der Waals surface area contributed by atoms with Crippen molar-refractivity contribution >= 4 is 0 Å². The first kappa shape index (κ1) is 11.4. The molecule has 2 rings (SSSR count). The van der Waals surface area contributed by atoms with Gasteiger partial charge in [0.25, 0.3) is 0 Å². The average molecular weight is 221 g/mol. The molecule has 1 aromatic carbocycles. The molecule has 0 radical (unpaired) electrons. The second-order valence-electron chi connectivity index (χ2n) is 4.33. The summed E-state index contributed by atoms with van der Waals surface area (Å²) in [7, 11) is 0. The quantitative estimate of drug-likeness (QED) is 0.822. The molecule has 2 N–H and O–H groups in total. The van der Waals surface area contributed by atoms with Gasteiger partial charge in [0.2, 0.25) is 0 Å². The zero-order valence-corrected chi connectivity index (χ0v) is 9.65. The minimum Gasteiger partial charge on any atom is -0.508 e. The molecule has 0 aromatic heterocycles. The lowest BCUT2D eigenvalue weighted by molar-refractivity contribution is 0.0754. The average Bonchev–Trinajstić information content (AvgIpc) is 2.31. The first-order valence-corrected chi connectivity index (χ1v) is 5.89. The molecule has 0 bridgehead atoms. The monoisotopic (exact) mass is 221 g/mol. The third-order valence-electron chi connectivity index (χ3n) is 3.11. The SMILES string of the molecule is CC(NC1CCOCC1)c1ccccc1O. The molecule has 1 heterocycles. The highest BCUT2D eigenvalue weighted by Crippen LogP contribution is 2.24. The van der Waals surface area contributed by atoms with Crippen LogP contribution in [0.15, 0.2) is 24.3 Å². The molecule has 3 heteroatoms. The van der Waals surface area contributed by atoms with Gasteiger partial charge in [0.15, 0.2) is 0 Å². The third kappa shape index (κ3) is 2.74. The standard InChI is InChI=1S/C13H19NO2/c1-10(12-4-2-3-5-13(12)15)14-11-6-8-16-9-7-11/h2-5,10-11,14-15H,6-9H2,1H3. The number of hydrogen-bond donors (Lipinski definition) is 2. The van der Waals surface area contributed by atoms with E-state index in [1.54, 1.807) is 6.07 Å². The number of rotatable bonds is 3. The largest absolute Gasteiger partial charge is 0.508 e. The highest BCUT2D eigenvalue weighted by atomic mass is 16.5. The summed E-state index contributed by atoms with van der Waals surface area (Å²) in [5, 5.41) is 13.3. The van der Waals surface area contributed by atoms with Crippen molar-refractivity contribution in [1.82, 2.24) is 5.32 Å². The summed E-state index contributed by atoms with van der Waals surface area (Å²) >= 11 is 0. The van der Waals surface area contributed by atoms with Gasteiger partial charge in [-0.2, -0.15) is 0 Å². The third-order valence-corrected chi connectivity index (χ3v) is 3.11. The molecule has 1 aliphatic rings. The Morgan fingerprint density at radius 2 is 2.00 bits per heavy atom. The van der Waals surface area contributed by atoms with Gasteiger partial charge in [0.1, 0.15) is 5.75 Å². The van der Waals surface area contributed by atoms with Crippen LogP contribution >= 0.6 is 0 Å². The molecular formula is C13H19NO2. The van der Waals surface area contributed by atoms with E-state index < -0.39 is 0 Å². The number of aromatic hydroxyl groups is 1. The molecule has 3 nitrogen and oxygen atoms in total. The summed E-state index contributed by atoms with van der Waals surface area (Å²) in [5.41, 5.74) is 0.967. The zero-order chi connectivity index (χ0) is 11.4. The van der Waals surface area contributed by atoms with Crippen LogP contribution in [0.3, 0.4) is 0 Å². The minimum absolute atomic E-state index is 0.185. The summed E-state index contributed by atoms with van der Waals surface area (Å²) in [6, 6.07) is 8.19. The van der Waals surface area contributed by atoms with Gasteiger partial charge in [-0.1, -0.05) is 18.2 Å². The topological polar surface area (TPSA) is 41.5 Å². The number of phenolic OH excluding ortho intramolecular Hbond substituents is 1. The van der Waals surface area contributed by atoms with Crippen LogP contribution in [0.5, 0.6) is 5.75 Å². The van der Waals surface area contributed by atoms with Crippen molar-refractivity contribution in [3.63, 3.8) is 0 Å². The van der Waals surface area contributed by atoms with Crippen LogP contribution in [0.2, 0.25) is 0 Å². The first-order chi connectivity index (χ1) is 7.77. The van der Waals surface area contributed by atoms with E-state index in [1.807, 2.05) is 18.2 Å². The second kappa shape index (κ2) is 5.32. The van der Waals surface area contributed by atoms with Gasteiger partial charge in [-0.25, -0.2) is 0 Å². The molecule has 0 spiro atoms. The minimum atomic E-state index is 0.185. The van der Waals surface area contributed by atoms with Crippen LogP contribution in [-0.2, 0) is 4.74 Å². The van der Waals surface area contributed by atoms with Gasteiger partial charge < -0.3 is 15.2 Å². The number of para-hydroxylation sites is 1. The Balaban J connectivity index is 1.96. The summed E-state index contributed by atoms with van der Waals surface area (Å²) in [5.74, 6) is 0.370.